The molecule has 3 rings (SSSR count). The number of nitrogens with one attached hydrogen (secondary N) is 1. The summed E-state index contributed by atoms with van der Waals surface area (Å²) in [6.07, 6.45) is 3.85. The topological polar surface area (TPSA) is 63.0 Å². The molecule has 1 N–H and O–H groups in total. The van der Waals surface area contributed by atoms with Crippen molar-refractivity contribution in [2.24, 2.45) is 0 Å². The largest absolute Gasteiger partial charge is 0.872 e. The van der Waals surface area contributed by atoms with Crippen LogP contribution < -0.4 is 19.5 Å². The molecule has 1 aliphatic heterocycles. The van der Waals surface area contributed by atoms with E-state index in [1.54, 1.807) is 19.3 Å². The molecular formula is C22H24BrNO4. The Morgan fingerprint density at radius 1 is 1.29 bits per heavy atom. The first-order valence-electron chi connectivity index (χ1n) is 9.36. The Kier molecular flexibility index (Phi) is 6.42. The number of ether oxygens (including phenoxy) is 2. The third-order valence-corrected chi connectivity index (χ3v) is 5.31. The molecule has 148 valence electrons. The van der Waals surface area contributed by atoms with E-state index in [9.17, 15) is 9.90 Å². The van der Waals surface area contributed by atoms with Gasteiger partial charge < -0.3 is 19.5 Å². The van der Waals surface area contributed by atoms with Crippen LogP contribution in [0.5, 0.6) is 17.2 Å². The normalized spacial score (nSPS) is 15.4. The van der Waals surface area contributed by atoms with E-state index in [0.717, 1.165) is 29.4 Å². The maximum Gasteiger partial charge on any atom is 0.231 e. The number of fused-ring (bicyclic) bond motifs is 1. The van der Waals surface area contributed by atoms with E-state index >= 15 is 0 Å². The van der Waals surface area contributed by atoms with Gasteiger partial charge in [0, 0.05) is 15.6 Å². The number of carbonyl (C=O) groups is 1. The molecule has 0 amide bonds. The van der Waals surface area contributed by atoms with Gasteiger partial charge in [-0.2, -0.15) is 0 Å². The number of ketones is 1. The molecule has 5 nitrogen and oxygen atoms in total. The molecule has 1 heterocycles. The van der Waals surface area contributed by atoms with Gasteiger partial charge in [0.05, 0.1) is 26.3 Å². The second-order valence-corrected chi connectivity index (χ2v) is 7.90. The lowest BCUT2D eigenvalue weighted by atomic mass is 10.0. The third kappa shape index (κ3) is 4.23. The monoisotopic (exact) mass is 445 g/mol. The molecule has 0 saturated carbocycles. The van der Waals surface area contributed by atoms with Gasteiger partial charge in [-0.3, -0.25) is 4.79 Å². The predicted molar refractivity (Wildman–Crippen MR) is 110 cm³/mol. The highest BCUT2D eigenvalue weighted by Crippen LogP contribution is 2.39. The van der Waals surface area contributed by atoms with Gasteiger partial charge in [0.1, 0.15) is 18.0 Å². The van der Waals surface area contributed by atoms with Crippen molar-refractivity contribution in [2.75, 3.05) is 20.7 Å². The number of hydrogen-bond donors (Lipinski definition) is 1. The molecule has 1 atom stereocenters. The van der Waals surface area contributed by atoms with Crippen molar-refractivity contribution in [2.45, 2.75) is 26.3 Å². The number of allylic oxidation sites excluding steroid dienone is 1. The maximum absolute atomic E-state index is 12.9. The smallest absolute Gasteiger partial charge is 0.231 e. The van der Waals surface area contributed by atoms with Gasteiger partial charge in [0.2, 0.25) is 5.78 Å². The zero-order valence-electron chi connectivity index (χ0n) is 16.3. The van der Waals surface area contributed by atoms with Crippen molar-refractivity contribution >= 4 is 27.8 Å². The summed E-state index contributed by atoms with van der Waals surface area (Å²) >= 11 is 3.43. The molecule has 1 aliphatic rings. The lowest BCUT2D eigenvalue weighted by Gasteiger charge is -2.20. The van der Waals surface area contributed by atoms with E-state index in [2.05, 4.69) is 22.9 Å². The summed E-state index contributed by atoms with van der Waals surface area (Å²) in [5.41, 5.74) is 1.73. The minimum absolute atomic E-state index is 0.0938. The van der Waals surface area contributed by atoms with Gasteiger partial charge in [0.25, 0.3) is 0 Å². The molecule has 0 aliphatic carbocycles. The number of Topliss-reactive ketones (excluding diaryl/α,β-unsaturated/α-hetero) is 1. The SMILES string of the molecule is CCCC[NH+](C)Cc1c([O-])ccc2c1O/C(=C\c1cc(Br)ccc1OC)C2=O. The fourth-order valence-electron chi connectivity index (χ4n) is 3.28. The molecule has 0 aromatic heterocycles. The third-order valence-electron chi connectivity index (χ3n) is 4.81. The first-order valence-corrected chi connectivity index (χ1v) is 10.2. The molecule has 0 spiro atoms. The number of quaternary nitrogens is 1. The van der Waals surface area contributed by atoms with Gasteiger partial charge in [-0.15, -0.1) is 0 Å². The predicted octanol–water partition coefficient (Wildman–Crippen LogP) is 2.96. The van der Waals surface area contributed by atoms with Crippen LogP contribution in [0, 0.1) is 0 Å². The standard InChI is InChI=1S/C22H24BrNO4/c1-4-5-10-24(2)13-17-18(25)8-7-16-21(26)20(28-22(16)17)12-14-11-15(23)6-9-19(14)27-3/h6-9,11-12,25H,4-5,10,13H2,1-3H3/b20-12-. The van der Waals surface area contributed by atoms with Gasteiger partial charge >= 0.3 is 0 Å². The highest BCUT2D eigenvalue weighted by Gasteiger charge is 2.31. The van der Waals surface area contributed by atoms with Crippen LogP contribution in [0.1, 0.15) is 41.3 Å². The zero-order valence-corrected chi connectivity index (χ0v) is 17.9. The van der Waals surface area contributed by atoms with Crippen LogP contribution in [0.3, 0.4) is 0 Å². The van der Waals surface area contributed by atoms with E-state index < -0.39 is 0 Å². The summed E-state index contributed by atoms with van der Waals surface area (Å²) in [7, 11) is 3.63. The number of rotatable bonds is 7. The summed E-state index contributed by atoms with van der Waals surface area (Å²) in [5.74, 6) is 0.919. The van der Waals surface area contributed by atoms with Crippen molar-refractivity contribution in [3.63, 3.8) is 0 Å². The molecule has 28 heavy (non-hydrogen) atoms. The van der Waals surface area contributed by atoms with Crippen LogP contribution in [0.2, 0.25) is 0 Å². The first-order chi connectivity index (χ1) is 13.4. The Balaban J connectivity index is 1.95. The van der Waals surface area contributed by atoms with E-state index in [4.69, 9.17) is 9.47 Å². The molecule has 2 aromatic carbocycles. The van der Waals surface area contributed by atoms with E-state index in [-0.39, 0.29) is 17.3 Å². The number of methoxy groups -OCH3 is 1. The Morgan fingerprint density at radius 3 is 2.79 bits per heavy atom. The zero-order chi connectivity index (χ0) is 20.3. The van der Waals surface area contributed by atoms with Crippen LogP contribution in [-0.2, 0) is 6.54 Å². The quantitative estimate of drug-likeness (QED) is 0.665. The number of unbranched alkanes of at least 4 members (excludes halogenated alkanes) is 1. The van der Waals surface area contributed by atoms with E-state index in [1.807, 2.05) is 25.2 Å². The summed E-state index contributed by atoms with van der Waals surface area (Å²) in [6.45, 7) is 3.63. The van der Waals surface area contributed by atoms with E-state index in [0.29, 0.717) is 29.2 Å². The molecular weight excluding hydrogens is 422 g/mol. The first kappa shape index (κ1) is 20.4. The van der Waals surface area contributed by atoms with Crippen molar-refractivity contribution in [1.29, 1.82) is 0 Å². The minimum atomic E-state index is -0.218. The van der Waals surface area contributed by atoms with Crippen LogP contribution in [0.4, 0.5) is 0 Å². The van der Waals surface area contributed by atoms with Crippen LogP contribution in [0.25, 0.3) is 6.08 Å². The second-order valence-electron chi connectivity index (χ2n) is 6.98. The van der Waals surface area contributed by atoms with Gasteiger partial charge in [-0.25, -0.2) is 0 Å². The van der Waals surface area contributed by atoms with Crippen LogP contribution in [-0.4, -0.2) is 26.5 Å². The van der Waals surface area contributed by atoms with Crippen LogP contribution in [0.15, 0.2) is 40.6 Å². The average molecular weight is 446 g/mol. The van der Waals surface area contributed by atoms with Crippen molar-refractivity contribution in [3.8, 4) is 17.2 Å². The number of hydrogen-bond acceptors (Lipinski definition) is 4. The molecule has 0 bridgehead atoms. The maximum atomic E-state index is 12.9. The highest BCUT2D eigenvalue weighted by atomic mass is 79.9. The Labute approximate surface area is 173 Å². The molecule has 0 saturated heterocycles. The van der Waals surface area contributed by atoms with Crippen molar-refractivity contribution in [3.05, 3.63) is 57.3 Å². The highest BCUT2D eigenvalue weighted by molar-refractivity contribution is 9.10. The number of carbonyl (C=O) groups excluding carboxylic acids is 1. The number of halogens is 1. The van der Waals surface area contributed by atoms with Gasteiger partial charge in [0.15, 0.2) is 5.76 Å². The summed E-state index contributed by atoms with van der Waals surface area (Å²) in [4.78, 5) is 14.1. The van der Waals surface area contributed by atoms with Crippen molar-refractivity contribution < 1.29 is 24.3 Å². The molecule has 2 aromatic rings. The van der Waals surface area contributed by atoms with Crippen LogP contribution >= 0.6 is 15.9 Å². The Hall–Kier alpha value is -2.31. The van der Waals surface area contributed by atoms with Crippen molar-refractivity contribution in [1.82, 2.24) is 0 Å². The van der Waals surface area contributed by atoms with Gasteiger partial charge in [-0.05, 0) is 36.8 Å². The Bertz CT molecular complexity index is 923. The summed E-state index contributed by atoms with van der Waals surface area (Å²) < 4.78 is 12.1. The second kappa shape index (κ2) is 8.80. The molecule has 0 fully saturated rings. The lowest BCUT2D eigenvalue weighted by Crippen LogP contribution is -3.07. The minimum Gasteiger partial charge on any atom is -0.872 e. The van der Waals surface area contributed by atoms with E-state index in [1.165, 1.54) is 11.0 Å². The molecule has 1 unspecified atom stereocenters. The fraction of sp³-hybridized carbons (Fsp3) is 0.318. The lowest BCUT2D eigenvalue weighted by molar-refractivity contribution is -0.894. The van der Waals surface area contributed by atoms with Gasteiger partial charge in [-0.1, -0.05) is 41.1 Å². The average Bonchev–Trinajstić information content (AvgIpc) is 2.98. The fourth-order valence-corrected chi connectivity index (χ4v) is 3.66. The number of benzene rings is 2. The molecule has 0 radical (unpaired) electrons. The summed E-state index contributed by atoms with van der Waals surface area (Å²) in [5, 5.41) is 12.5. The summed E-state index contributed by atoms with van der Waals surface area (Å²) in [6, 6.07) is 8.56. The Morgan fingerprint density at radius 2 is 2.07 bits per heavy atom. The molecule has 6 heteroatoms.